The Balaban J connectivity index is 2.15. The van der Waals surface area contributed by atoms with Gasteiger partial charge >= 0.3 is 5.97 Å². The van der Waals surface area contributed by atoms with Gasteiger partial charge in [-0.05, 0) is 24.1 Å². The van der Waals surface area contributed by atoms with Crippen molar-refractivity contribution >= 4 is 46.7 Å². The van der Waals surface area contributed by atoms with E-state index >= 15 is 0 Å². The zero-order valence-corrected chi connectivity index (χ0v) is 17.7. The number of esters is 1. The predicted molar refractivity (Wildman–Crippen MR) is 115 cm³/mol. The third kappa shape index (κ3) is 6.62. The van der Waals surface area contributed by atoms with E-state index in [9.17, 15) is 4.79 Å². The Morgan fingerprint density at radius 2 is 1.72 bits per heavy atom. The number of ether oxygens (including phenoxy) is 1. The van der Waals surface area contributed by atoms with Crippen molar-refractivity contribution in [1.29, 1.82) is 0 Å². The standard InChI is InChI=1S/C21H20Cl2N2O4/c1-14(16-10-8-15(9-11-16)12-19(22)23)24-29-13-17-6-4-5-7-18(17)20(25-28-3)21(26)27-2/h4-12H,13H2,1-3H3/b24-14?,25-20+. The second kappa shape index (κ2) is 11.2. The van der Waals surface area contributed by atoms with Crippen LogP contribution in [0.3, 0.4) is 0 Å². The van der Waals surface area contributed by atoms with E-state index in [1.165, 1.54) is 14.2 Å². The molecule has 0 saturated carbocycles. The molecule has 0 saturated heterocycles. The fourth-order valence-corrected chi connectivity index (χ4v) is 2.71. The van der Waals surface area contributed by atoms with Crippen LogP contribution < -0.4 is 0 Å². The van der Waals surface area contributed by atoms with Crippen LogP contribution in [0.1, 0.15) is 29.2 Å². The zero-order valence-electron chi connectivity index (χ0n) is 16.2. The molecule has 152 valence electrons. The molecule has 2 aromatic carbocycles. The molecule has 0 fully saturated rings. The molecule has 6 nitrogen and oxygen atoms in total. The van der Waals surface area contributed by atoms with Crippen LogP contribution >= 0.6 is 23.2 Å². The van der Waals surface area contributed by atoms with Gasteiger partial charge < -0.3 is 14.4 Å². The van der Waals surface area contributed by atoms with E-state index in [4.69, 9.17) is 37.6 Å². The van der Waals surface area contributed by atoms with Crippen LogP contribution in [0.4, 0.5) is 0 Å². The van der Waals surface area contributed by atoms with Crippen LogP contribution in [0, 0.1) is 0 Å². The van der Waals surface area contributed by atoms with Crippen molar-refractivity contribution < 1.29 is 19.2 Å². The zero-order chi connectivity index (χ0) is 21.2. The summed E-state index contributed by atoms with van der Waals surface area (Å²) >= 11 is 11.3. The molecule has 8 heteroatoms. The number of carbonyl (C=O) groups is 1. The Morgan fingerprint density at radius 3 is 2.34 bits per heavy atom. The monoisotopic (exact) mass is 434 g/mol. The number of hydrogen-bond acceptors (Lipinski definition) is 6. The fourth-order valence-electron chi connectivity index (χ4n) is 2.46. The molecule has 29 heavy (non-hydrogen) atoms. The lowest BCUT2D eigenvalue weighted by Gasteiger charge is -2.10. The first-order chi connectivity index (χ1) is 14.0. The Bertz CT molecular complexity index is 934. The predicted octanol–water partition coefficient (Wildman–Crippen LogP) is 4.93. The Morgan fingerprint density at radius 1 is 1.03 bits per heavy atom. The van der Waals surface area contributed by atoms with Gasteiger partial charge in [0.1, 0.15) is 18.2 Å². The van der Waals surface area contributed by atoms with Crippen molar-refractivity contribution in [2.75, 3.05) is 14.2 Å². The Kier molecular flexibility index (Phi) is 8.70. The van der Waals surface area contributed by atoms with Crippen molar-refractivity contribution in [2.45, 2.75) is 13.5 Å². The molecule has 0 N–H and O–H groups in total. The maximum atomic E-state index is 12.0. The summed E-state index contributed by atoms with van der Waals surface area (Å²) < 4.78 is 4.96. The van der Waals surface area contributed by atoms with Crippen molar-refractivity contribution in [1.82, 2.24) is 0 Å². The van der Waals surface area contributed by atoms with Gasteiger partial charge in [-0.15, -0.1) is 0 Å². The number of oxime groups is 2. The lowest BCUT2D eigenvalue weighted by Crippen LogP contribution is -2.19. The van der Waals surface area contributed by atoms with Crippen LogP contribution in [0.15, 0.2) is 63.3 Å². The number of rotatable bonds is 8. The summed E-state index contributed by atoms with van der Waals surface area (Å²) in [5, 5.41) is 7.93. The summed E-state index contributed by atoms with van der Waals surface area (Å²) in [7, 11) is 2.64. The summed E-state index contributed by atoms with van der Waals surface area (Å²) in [5.41, 5.74) is 3.76. The Labute approximate surface area is 179 Å². The molecule has 2 rings (SSSR count). The normalized spacial score (nSPS) is 11.6. The van der Waals surface area contributed by atoms with Gasteiger partial charge in [0.2, 0.25) is 0 Å². The summed E-state index contributed by atoms with van der Waals surface area (Å²) in [6, 6.07) is 14.7. The van der Waals surface area contributed by atoms with Gasteiger partial charge in [-0.2, -0.15) is 0 Å². The number of hydrogen-bond donors (Lipinski definition) is 0. The lowest BCUT2D eigenvalue weighted by molar-refractivity contribution is -0.132. The average Bonchev–Trinajstić information content (AvgIpc) is 2.72. The van der Waals surface area contributed by atoms with Crippen LogP contribution in [0.25, 0.3) is 6.08 Å². The van der Waals surface area contributed by atoms with Gasteiger partial charge in [0, 0.05) is 11.1 Å². The third-order valence-electron chi connectivity index (χ3n) is 3.86. The van der Waals surface area contributed by atoms with Crippen LogP contribution in [0.2, 0.25) is 0 Å². The number of carbonyl (C=O) groups excluding carboxylic acids is 1. The molecule has 0 heterocycles. The van der Waals surface area contributed by atoms with Gasteiger partial charge in [-0.3, -0.25) is 0 Å². The van der Waals surface area contributed by atoms with E-state index in [0.717, 1.165) is 11.1 Å². The summed E-state index contributed by atoms with van der Waals surface area (Å²) in [6.07, 6.45) is 1.65. The molecule has 0 aliphatic carbocycles. The van der Waals surface area contributed by atoms with E-state index in [1.54, 1.807) is 18.2 Å². The van der Waals surface area contributed by atoms with E-state index in [1.807, 2.05) is 43.3 Å². The third-order valence-corrected chi connectivity index (χ3v) is 4.08. The maximum Gasteiger partial charge on any atom is 0.360 e. The van der Waals surface area contributed by atoms with Crippen molar-refractivity contribution in [3.8, 4) is 0 Å². The number of methoxy groups -OCH3 is 1. The van der Waals surface area contributed by atoms with Gasteiger partial charge in [-0.25, -0.2) is 4.79 Å². The van der Waals surface area contributed by atoms with Crippen LogP contribution in [0.5, 0.6) is 0 Å². The highest BCUT2D eigenvalue weighted by atomic mass is 35.5. The molecule has 0 aliphatic heterocycles. The minimum atomic E-state index is -0.606. The van der Waals surface area contributed by atoms with Gasteiger partial charge in [0.15, 0.2) is 5.71 Å². The SMILES string of the molecule is CO/N=C(/C(=O)OC)c1ccccc1CON=C(C)c1ccc(C=C(Cl)Cl)cc1. The minimum absolute atomic E-state index is 0.0523. The first-order valence-electron chi connectivity index (χ1n) is 8.53. The molecule has 0 aromatic heterocycles. The van der Waals surface area contributed by atoms with Gasteiger partial charge in [-0.1, -0.05) is 82.0 Å². The van der Waals surface area contributed by atoms with E-state index < -0.39 is 5.97 Å². The highest BCUT2D eigenvalue weighted by molar-refractivity contribution is 6.57. The Hall–Kier alpha value is -2.83. The summed E-state index contributed by atoms with van der Waals surface area (Å²) in [4.78, 5) is 22.3. The molecular weight excluding hydrogens is 415 g/mol. The quantitative estimate of drug-likeness (QED) is 0.335. The first kappa shape index (κ1) is 22.5. The number of halogens is 2. The topological polar surface area (TPSA) is 69.5 Å². The molecule has 0 spiro atoms. The first-order valence-corrected chi connectivity index (χ1v) is 9.29. The van der Waals surface area contributed by atoms with Gasteiger partial charge in [0.05, 0.1) is 12.8 Å². The average molecular weight is 435 g/mol. The van der Waals surface area contributed by atoms with E-state index in [-0.39, 0.29) is 16.8 Å². The molecule has 0 amide bonds. The summed E-state index contributed by atoms with van der Waals surface area (Å²) in [5.74, 6) is -0.606. The maximum absolute atomic E-state index is 12.0. The lowest BCUT2D eigenvalue weighted by atomic mass is 10.0. The smallest absolute Gasteiger partial charge is 0.360 e. The largest absolute Gasteiger partial charge is 0.464 e. The fraction of sp³-hybridized carbons (Fsp3) is 0.190. The van der Waals surface area contributed by atoms with Crippen molar-refractivity contribution in [2.24, 2.45) is 10.3 Å². The molecule has 0 aliphatic rings. The molecule has 0 atom stereocenters. The number of nitrogens with zero attached hydrogens (tertiary/aromatic N) is 2. The van der Waals surface area contributed by atoms with E-state index in [2.05, 4.69) is 10.3 Å². The van der Waals surface area contributed by atoms with E-state index in [0.29, 0.717) is 16.8 Å². The second-order valence-corrected chi connectivity index (χ2v) is 6.79. The molecule has 0 unspecified atom stereocenters. The summed E-state index contributed by atoms with van der Waals surface area (Å²) in [6.45, 7) is 1.97. The number of benzene rings is 2. The minimum Gasteiger partial charge on any atom is -0.464 e. The van der Waals surface area contributed by atoms with Crippen molar-refractivity contribution in [3.63, 3.8) is 0 Å². The molecule has 2 aromatic rings. The molecule has 0 radical (unpaired) electrons. The molecule has 0 bridgehead atoms. The van der Waals surface area contributed by atoms with Crippen LogP contribution in [-0.2, 0) is 25.8 Å². The second-order valence-electron chi connectivity index (χ2n) is 5.78. The molecular formula is C21H20Cl2N2O4. The highest BCUT2D eigenvalue weighted by Crippen LogP contribution is 2.16. The van der Waals surface area contributed by atoms with Crippen LogP contribution in [-0.4, -0.2) is 31.6 Å². The van der Waals surface area contributed by atoms with Gasteiger partial charge in [0.25, 0.3) is 0 Å². The highest BCUT2D eigenvalue weighted by Gasteiger charge is 2.19. The van der Waals surface area contributed by atoms with Crippen molar-refractivity contribution in [3.05, 3.63) is 75.3 Å².